The number of nitrogens with two attached hydrogens (primary N) is 1. The van der Waals surface area contributed by atoms with Crippen LogP contribution in [0.4, 0.5) is 11.4 Å². The Morgan fingerprint density at radius 1 is 1.33 bits per heavy atom. The predicted octanol–water partition coefficient (Wildman–Crippen LogP) is 3.42. The molecule has 0 saturated carbocycles. The van der Waals surface area contributed by atoms with E-state index in [2.05, 4.69) is 5.43 Å². The van der Waals surface area contributed by atoms with E-state index in [0.29, 0.717) is 22.0 Å². The molecule has 0 aliphatic heterocycles. The van der Waals surface area contributed by atoms with E-state index in [4.69, 9.17) is 22.2 Å². The molecule has 110 valence electrons. The van der Waals surface area contributed by atoms with Crippen molar-refractivity contribution in [1.82, 2.24) is 0 Å². The van der Waals surface area contributed by atoms with Crippen molar-refractivity contribution in [2.75, 3.05) is 5.43 Å². The van der Waals surface area contributed by atoms with Crippen LogP contribution in [0, 0.1) is 17.0 Å². The van der Waals surface area contributed by atoms with Crippen molar-refractivity contribution >= 4 is 23.0 Å². The molecule has 21 heavy (non-hydrogen) atoms. The monoisotopic (exact) mass is 307 g/mol. The number of hydrogen-bond donors (Lipinski definition) is 2. The molecule has 0 atom stereocenters. The van der Waals surface area contributed by atoms with E-state index >= 15 is 0 Å². The number of anilines is 1. The van der Waals surface area contributed by atoms with Crippen LogP contribution in [-0.2, 0) is 6.61 Å². The number of rotatable bonds is 5. The number of nitro benzene ring substituents is 1. The lowest BCUT2D eigenvalue weighted by atomic mass is 10.1. The summed E-state index contributed by atoms with van der Waals surface area (Å²) in [6.07, 6.45) is 0. The summed E-state index contributed by atoms with van der Waals surface area (Å²) in [6, 6.07) is 9.73. The van der Waals surface area contributed by atoms with Crippen LogP contribution >= 0.6 is 11.6 Å². The molecule has 0 amide bonds. The molecule has 2 aromatic carbocycles. The van der Waals surface area contributed by atoms with Gasteiger partial charge in [0, 0.05) is 17.7 Å². The maximum atomic E-state index is 10.8. The first-order valence-electron chi connectivity index (χ1n) is 6.14. The number of aryl methyl sites for hydroxylation is 1. The molecule has 0 fully saturated rings. The lowest BCUT2D eigenvalue weighted by Gasteiger charge is -2.12. The highest BCUT2D eigenvalue weighted by molar-refractivity contribution is 6.32. The van der Waals surface area contributed by atoms with Gasteiger partial charge in [0.1, 0.15) is 12.4 Å². The van der Waals surface area contributed by atoms with E-state index in [1.165, 1.54) is 18.2 Å². The van der Waals surface area contributed by atoms with Gasteiger partial charge < -0.3 is 10.2 Å². The standard InChI is InChI=1S/C14H14ClN3O3/c1-9-2-4-12(15)14(6-9)21-8-10-7-11(18(19)20)3-5-13(10)17-16/h2-7,17H,8,16H2,1H3. The summed E-state index contributed by atoms with van der Waals surface area (Å²) in [5.74, 6) is 5.92. The van der Waals surface area contributed by atoms with Crippen LogP contribution in [0.15, 0.2) is 36.4 Å². The normalized spacial score (nSPS) is 10.2. The second-order valence-corrected chi connectivity index (χ2v) is 4.87. The number of nitro groups is 1. The fraction of sp³-hybridized carbons (Fsp3) is 0.143. The topological polar surface area (TPSA) is 90.4 Å². The van der Waals surface area contributed by atoms with Gasteiger partial charge in [-0.15, -0.1) is 0 Å². The Kier molecular flexibility index (Phi) is 4.62. The van der Waals surface area contributed by atoms with Gasteiger partial charge in [-0.25, -0.2) is 0 Å². The number of halogens is 1. The highest BCUT2D eigenvalue weighted by atomic mass is 35.5. The number of benzene rings is 2. The van der Waals surface area contributed by atoms with Crippen LogP contribution in [-0.4, -0.2) is 4.92 Å². The van der Waals surface area contributed by atoms with Crippen molar-refractivity contribution in [2.45, 2.75) is 13.5 Å². The van der Waals surface area contributed by atoms with E-state index in [-0.39, 0.29) is 12.3 Å². The minimum atomic E-state index is -0.469. The number of hydrogen-bond acceptors (Lipinski definition) is 5. The van der Waals surface area contributed by atoms with Gasteiger partial charge in [-0.3, -0.25) is 16.0 Å². The summed E-state index contributed by atoms with van der Waals surface area (Å²) in [7, 11) is 0. The number of nitrogen functional groups attached to an aromatic ring is 1. The molecule has 0 aromatic heterocycles. The van der Waals surface area contributed by atoms with Crippen molar-refractivity contribution in [3.8, 4) is 5.75 Å². The number of hydrazine groups is 1. The maximum absolute atomic E-state index is 10.8. The van der Waals surface area contributed by atoms with Gasteiger partial charge in [-0.2, -0.15) is 0 Å². The van der Waals surface area contributed by atoms with Crippen molar-refractivity contribution in [1.29, 1.82) is 0 Å². The molecule has 0 unspecified atom stereocenters. The maximum Gasteiger partial charge on any atom is 0.269 e. The van der Waals surface area contributed by atoms with E-state index in [1.807, 2.05) is 13.0 Å². The molecular weight excluding hydrogens is 294 g/mol. The smallest absolute Gasteiger partial charge is 0.269 e. The third-order valence-electron chi connectivity index (χ3n) is 2.93. The Balaban J connectivity index is 2.24. The first kappa shape index (κ1) is 15.1. The summed E-state index contributed by atoms with van der Waals surface area (Å²) in [5, 5.41) is 11.3. The zero-order valence-electron chi connectivity index (χ0n) is 11.3. The second kappa shape index (κ2) is 6.43. The molecule has 0 saturated heterocycles. The second-order valence-electron chi connectivity index (χ2n) is 4.47. The average Bonchev–Trinajstić information content (AvgIpc) is 2.47. The Hall–Kier alpha value is -2.31. The molecule has 6 nitrogen and oxygen atoms in total. The SMILES string of the molecule is Cc1ccc(Cl)c(OCc2cc([N+](=O)[O-])ccc2NN)c1. The summed E-state index contributed by atoms with van der Waals surface area (Å²) >= 11 is 6.04. The Morgan fingerprint density at radius 2 is 2.10 bits per heavy atom. The van der Waals surface area contributed by atoms with E-state index in [1.54, 1.807) is 12.1 Å². The van der Waals surface area contributed by atoms with Crippen molar-refractivity contribution in [3.63, 3.8) is 0 Å². The van der Waals surface area contributed by atoms with Gasteiger partial charge in [0.05, 0.1) is 15.6 Å². The van der Waals surface area contributed by atoms with Crippen LogP contribution < -0.4 is 16.0 Å². The molecule has 0 aliphatic carbocycles. The zero-order chi connectivity index (χ0) is 15.4. The molecule has 2 aromatic rings. The van der Waals surface area contributed by atoms with E-state index < -0.39 is 4.92 Å². The fourth-order valence-corrected chi connectivity index (χ4v) is 2.00. The summed E-state index contributed by atoms with van der Waals surface area (Å²) < 4.78 is 5.63. The Bertz CT molecular complexity index is 677. The molecule has 3 N–H and O–H groups in total. The number of nitrogens with zero attached hydrogens (tertiary/aromatic N) is 1. The molecule has 2 rings (SSSR count). The molecular formula is C14H14ClN3O3. The van der Waals surface area contributed by atoms with E-state index in [0.717, 1.165) is 5.56 Å². The quantitative estimate of drug-likeness (QED) is 0.502. The summed E-state index contributed by atoms with van der Waals surface area (Å²) in [6.45, 7) is 2.04. The van der Waals surface area contributed by atoms with Gasteiger partial charge in [0.25, 0.3) is 5.69 Å². The molecule has 7 heteroatoms. The molecule has 0 heterocycles. The first-order valence-corrected chi connectivity index (χ1v) is 6.52. The lowest BCUT2D eigenvalue weighted by Crippen LogP contribution is -2.11. The lowest BCUT2D eigenvalue weighted by molar-refractivity contribution is -0.384. The predicted molar refractivity (Wildman–Crippen MR) is 81.4 cm³/mol. The largest absolute Gasteiger partial charge is 0.487 e. The van der Waals surface area contributed by atoms with Gasteiger partial charge in [0.15, 0.2) is 0 Å². The summed E-state index contributed by atoms with van der Waals surface area (Å²) in [5.41, 5.74) is 4.60. The van der Waals surface area contributed by atoms with Crippen LogP contribution in [0.25, 0.3) is 0 Å². The van der Waals surface area contributed by atoms with Crippen LogP contribution in [0.5, 0.6) is 5.75 Å². The van der Waals surface area contributed by atoms with Crippen LogP contribution in [0.3, 0.4) is 0 Å². The number of ether oxygens (including phenoxy) is 1. The minimum absolute atomic E-state index is 0.0251. The molecule has 0 spiro atoms. The minimum Gasteiger partial charge on any atom is -0.487 e. The number of non-ortho nitro benzene ring substituents is 1. The third kappa shape index (κ3) is 3.62. The zero-order valence-corrected chi connectivity index (χ0v) is 12.1. The average molecular weight is 308 g/mol. The summed E-state index contributed by atoms with van der Waals surface area (Å²) in [4.78, 5) is 10.3. The Morgan fingerprint density at radius 3 is 2.76 bits per heavy atom. The third-order valence-corrected chi connectivity index (χ3v) is 3.24. The van der Waals surface area contributed by atoms with Crippen molar-refractivity contribution in [3.05, 3.63) is 62.7 Å². The van der Waals surface area contributed by atoms with Crippen LogP contribution in [0.1, 0.15) is 11.1 Å². The highest BCUT2D eigenvalue weighted by Gasteiger charge is 2.11. The molecule has 0 radical (unpaired) electrons. The fourth-order valence-electron chi connectivity index (χ4n) is 1.83. The Labute approximate surface area is 126 Å². The van der Waals surface area contributed by atoms with Gasteiger partial charge in [0.2, 0.25) is 0 Å². The van der Waals surface area contributed by atoms with Crippen molar-refractivity contribution < 1.29 is 9.66 Å². The first-order chi connectivity index (χ1) is 10.0. The highest BCUT2D eigenvalue weighted by Crippen LogP contribution is 2.28. The van der Waals surface area contributed by atoms with Crippen molar-refractivity contribution in [2.24, 2.45) is 5.84 Å². The van der Waals surface area contributed by atoms with Gasteiger partial charge >= 0.3 is 0 Å². The van der Waals surface area contributed by atoms with Crippen LogP contribution in [0.2, 0.25) is 5.02 Å². The molecule has 0 aliphatic rings. The number of nitrogens with one attached hydrogen (secondary N) is 1. The molecule has 0 bridgehead atoms. The van der Waals surface area contributed by atoms with E-state index in [9.17, 15) is 10.1 Å². The van der Waals surface area contributed by atoms with Gasteiger partial charge in [-0.1, -0.05) is 17.7 Å². The van der Waals surface area contributed by atoms with Gasteiger partial charge in [-0.05, 0) is 30.7 Å².